The molecule has 3 nitrogen and oxygen atoms in total. The third-order valence-corrected chi connectivity index (χ3v) is 3.65. The number of rotatable bonds is 4. The number of amides is 1. The monoisotopic (exact) mass is 314 g/mol. The number of nitrogens with two attached hydrogens (primary N) is 1. The Morgan fingerprint density at radius 2 is 2.24 bits per heavy atom. The van der Waals surface area contributed by atoms with Crippen molar-refractivity contribution in [1.82, 2.24) is 0 Å². The molecular weight excluding hydrogens is 300 g/mol. The highest BCUT2D eigenvalue weighted by Crippen LogP contribution is 2.21. The number of nitrogens with one attached hydrogen (secondary N) is 1. The molecule has 0 bridgehead atoms. The van der Waals surface area contributed by atoms with E-state index >= 15 is 0 Å². The lowest BCUT2D eigenvalue weighted by atomic mass is 10.1. The predicted octanol–water partition coefficient (Wildman–Crippen LogP) is 3.01. The largest absolute Gasteiger partial charge is 0.393 e. The predicted molar refractivity (Wildman–Crippen MR) is 78.1 cm³/mol. The molecule has 1 unspecified atom stereocenters. The summed E-state index contributed by atoms with van der Waals surface area (Å²) in [5.74, 6) is -0.569. The zero-order valence-corrected chi connectivity index (χ0v) is 12.2. The first kappa shape index (κ1) is 14.1. The summed E-state index contributed by atoms with van der Waals surface area (Å²) in [6.07, 6.45) is 0.605. The number of thiocarbonyl (C=S) groups is 1. The van der Waals surface area contributed by atoms with Crippen molar-refractivity contribution in [2.75, 3.05) is 5.32 Å². The standard InChI is InChI=1S/C12H15BrN2OS/c1-3-9(11(14)17)12(16)15-8-5-4-7(2)10(13)6-8/h4-6,9H,3H2,1-2H3,(H2,14,17)(H,15,16). The second-order valence-electron chi connectivity index (χ2n) is 3.82. The molecule has 0 aliphatic rings. The summed E-state index contributed by atoms with van der Waals surface area (Å²) < 4.78 is 0.957. The minimum absolute atomic E-state index is 0.157. The highest BCUT2D eigenvalue weighted by Gasteiger charge is 2.19. The van der Waals surface area contributed by atoms with Crippen molar-refractivity contribution in [3.8, 4) is 0 Å². The maximum atomic E-state index is 11.9. The van der Waals surface area contributed by atoms with Gasteiger partial charge in [0, 0.05) is 10.2 Å². The number of halogens is 1. The van der Waals surface area contributed by atoms with Crippen LogP contribution in [0.4, 0.5) is 5.69 Å². The lowest BCUT2D eigenvalue weighted by Crippen LogP contribution is -2.32. The molecule has 5 heteroatoms. The summed E-state index contributed by atoms with van der Waals surface area (Å²) in [6.45, 7) is 3.87. The van der Waals surface area contributed by atoms with Gasteiger partial charge in [-0.15, -0.1) is 0 Å². The molecule has 0 aliphatic heterocycles. The minimum atomic E-state index is -0.412. The number of anilines is 1. The van der Waals surface area contributed by atoms with Gasteiger partial charge in [0.15, 0.2) is 0 Å². The molecule has 0 saturated heterocycles. The van der Waals surface area contributed by atoms with Crippen LogP contribution in [0.3, 0.4) is 0 Å². The molecule has 1 rings (SSSR count). The topological polar surface area (TPSA) is 55.1 Å². The fourth-order valence-corrected chi connectivity index (χ4v) is 2.07. The molecule has 0 aromatic heterocycles. The van der Waals surface area contributed by atoms with Gasteiger partial charge in [-0.1, -0.05) is 41.1 Å². The van der Waals surface area contributed by atoms with Crippen LogP contribution in [0.2, 0.25) is 0 Å². The van der Waals surface area contributed by atoms with Crippen molar-refractivity contribution < 1.29 is 4.79 Å². The Labute approximate surface area is 115 Å². The highest BCUT2D eigenvalue weighted by atomic mass is 79.9. The molecule has 3 N–H and O–H groups in total. The number of aryl methyl sites for hydroxylation is 1. The molecule has 0 aliphatic carbocycles. The van der Waals surface area contributed by atoms with Crippen LogP contribution in [0.1, 0.15) is 18.9 Å². The zero-order chi connectivity index (χ0) is 13.0. The number of benzene rings is 1. The second kappa shape index (κ2) is 6.12. The van der Waals surface area contributed by atoms with E-state index in [2.05, 4.69) is 21.2 Å². The molecule has 1 aromatic carbocycles. The van der Waals surface area contributed by atoms with Gasteiger partial charge in [-0.05, 0) is 31.0 Å². The quantitative estimate of drug-likeness (QED) is 0.840. The number of carbonyl (C=O) groups is 1. The van der Waals surface area contributed by atoms with Gasteiger partial charge in [-0.25, -0.2) is 0 Å². The van der Waals surface area contributed by atoms with Crippen LogP contribution in [0.5, 0.6) is 0 Å². The summed E-state index contributed by atoms with van der Waals surface area (Å²) in [6, 6.07) is 5.64. The summed E-state index contributed by atoms with van der Waals surface area (Å²) in [4.78, 5) is 12.1. The second-order valence-corrected chi connectivity index (χ2v) is 5.14. The van der Waals surface area contributed by atoms with E-state index in [1.165, 1.54) is 0 Å². The van der Waals surface area contributed by atoms with E-state index in [0.717, 1.165) is 15.7 Å². The molecule has 92 valence electrons. The fraction of sp³-hybridized carbons (Fsp3) is 0.333. The average molecular weight is 315 g/mol. The molecular formula is C12H15BrN2OS. The van der Waals surface area contributed by atoms with E-state index in [1.807, 2.05) is 32.0 Å². The molecule has 0 fully saturated rings. The fourth-order valence-electron chi connectivity index (χ4n) is 1.42. The van der Waals surface area contributed by atoms with Crippen LogP contribution in [0, 0.1) is 12.8 Å². The summed E-state index contributed by atoms with van der Waals surface area (Å²) >= 11 is 8.28. The Hall–Kier alpha value is -0.940. The summed E-state index contributed by atoms with van der Waals surface area (Å²) in [5, 5.41) is 2.81. The van der Waals surface area contributed by atoms with Gasteiger partial charge in [0.2, 0.25) is 5.91 Å². The van der Waals surface area contributed by atoms with E-state index in [9.17, 15) is 4.79 Å². The number of carbonyl (C=O) groups excluding carboxylic acids is 1. The third kappa shape index (κ3) is 3.78. The Bertz CT molecular complexity index is 448. The van der Waals surface area contributed by atoms with Crippen LogP contribution in [0.25, 0.3) is 0 Å². The zero-order valence-electron chi connectivity index (χ0n) is 9.79. The van der Waals surface area contributed by atoms with Crippen LogP contribution in [-0.2, 0) is 4.79 Å². The van der Waals surface area contributed by atoms with Gasteiger partial charge in [-0.2, -0.15) is 0 Å². The van der Waals surface area contributed by atoms with E-state index in [1.54, 1.807) is 0 Å². The van der Waals surface area contributed by atoms with Crippen LogP contribution in [0.15, 0.2) is 22.7 Å². The molecule has 0 heterocycles. The molecule has 0 radical (unpaired) electrons. The SMILES string of the molecule is CCC(C(=O)Nc1ccc(C)c(Br)c1)C(N)=S. The Morgan fingerprint density at radius 1 is 1.59 bits per heavy atom. The lowest BCUT2D eigenvalue weighted by Gasteiger charge is -2.13. The van der Waals surface area contributed by atoms with E-state index in [0.29, 0.717) is 6.42 Å². The van der Waals surface area contributed by atoms with Gasteiger partial charge in [0.25, 0.3) is 0 Å². The van der Waals surface area contributed by atoms with Gasteiger partial charge in [-0.3, -0.25) is 4.79 Å². The van der Waals surface area contributed by atoms with Crippen molar-refractivity contribution in [2.45, 2.75) is 20.3 Å². The molecule has 1 aromatic rings. The van der Waals surface area contributed by atoms with Gasteiger partial charge in [0.05, 0.1) is 10.9 Å². The highest BCUT2D eigenvalue weighted by molar-refractivity contribution is 9.10. The first-order valence-electron chi connectivity index (χ1n) is 5.32. The minimum Gasteiger partial charge on any atom is -0.393 e. The first-order chi connectivity index (χ1) is 7.95. The van der Waals surface area contributed by atoms with Crippen molar-refractivity contribution >= 4 is 44.7 Å². The molecule has 0 saturated carbocycles. The Morgan fingerprint density at radius 3 is 2.71 bits per heavy atom. The third-order valence-electron chi connectivity index (χ3n) is 2.51. The molecule has 0 spiro atoms. The maximum absolute atomic E-state index is 11.9. The Balaban J connectivity index is 2.80. The maximum Gasteiger partial charge on any atom is 0.234 e. The van der Waals surface area contributed by atoms with Crippen molar-refractivity contribution in [3.05, 3.63) is 28.2 Å². The smallest absolute Gasteiger partial charge is 0.234 e. The van der Waals surface area contributed by atoms with Crippen molar-refractivity contribution in [2.24, 2.45) is 11.7 Å². The summed E-state index contributed by atoms with van der Waals surface area (Å²) in [5.41, 5.74) is 7.37. The van der Waals surface area contributed by atoms with Crippen LogP contribution >= 0.6 is 28.1 Å². The molecule has 1 atom stereocenters. The van der Waals surface area contributed by atoms with Gasteiger partial charge in [0.1, 0.15) is 0 Å². The van der Waals surface area contributed by atoms with Crippen molar-refractivity contribution in [1.29, 1.82) is 0 Å². The van der Waals surface area contributed by atoms with Crippen LogP contribution in [-0.4, -0.2) is 10.9 Å². The lowest BCUT2D eigenvalue weighted by molar-refractivity contribution is -0.118. The molecule has 1 amide bonds. The van der Waals surface area contributed by atoms with Crippen molar-refractivity contribution in [3.63, 3.8) is 0 Å². The van der Waals surface area contributed by atoms with Gasteiger partial charge >= 0.3 is 0 Å². The van der Waals surface area contributed by atoms with Gasteiger partial charge < -0.3 is 11.1 Å². The Kier molecular flexibility index (Phi) is 5.08. The summed E-state index contributed by atoms with van der Waals surface area (Å²) in [7, 11) is 0. The number of hydrogen-bond donors (Lipinski definition) is 2. The first-order valence-corrected chi connectivity index (χ1v) is 6.52. The van der Waals surface area contributed by atoms with Crippen LogP contribution < -0.4 is 11.1 Å². The van der Waals surface area contributed by atoms with E-state index in [4.69, 9.17) is 18.0 Å². The van der Waals surface area contributed by atoms with E-state index < -0.39 is 5.92 Å². The molecule has 17 heavy (non-hydrogen) atoms. The van der Waals surface area contributed by atoms with E-state index in [-0.39, 0.29) is 10.9 Å². The normalized spacial score (nSPS) is 11.9. The average Bonchev–Trinajstić information content (AvgIpc) is 2.24. The number of hydrogen-bond acceptors (Lipinski definition) is 2.